The van der Waals surface area contributed by atoms with Crippen molar-refractivity contribution in [1.29, 1.82) is 0 Å². The number of sulfonamides is 1. The van der Waals surface area contributed by atoms with E-state index in [1.807, 2.05) is 19.1 Å². The molecule has 0 N–H and O–H groups in total. The van der Waals surface area contributed by atoms with Crippen LogP contribution >= 0.6 is 11.8 Å². The Morgan fingerprint density at radius 1 is 0.821 bits per heavy atom. The average Bonchev–Trinajstić information content (AvgIpc) is 2.71. The van der Waals surface area contributed by atoms with E-state index in [0.717, 1.165) is 12.1 Å². The number of halogens is 1. The Hall–Kier alpha value is -1.34. The van der Waals surface area contributed by atoms with Crippen LogP contribution in [0.1, 0.15) is 12.5 Å². The van der Waals surface area contributed by atoms with E-state index in [2.05, 4.69) is 64.6 Å². The minimum atomic E-state index is -3.62. The molecule has 142 valence electrons. The summed E-state index contributed by atoms with van der Waals surface area (Å²) in [6.07, 6.45) is 0. The molecule has 0 spiro atoms. The summed E-state index contributed by atoms with van der Waals surface area (Å²) in [5, 5.41) is 0. The van der Waals surface area contributed by atoms with Crippen LogP contribution in [0, 0.1) is 6.92 Å². The van der Waals surface area contributed by atoms with Crippen LogP contribution in [-0.2, 0) is 10.0 Å². The molecule has 0 saturated heterocycles. The predicted molar refractivity (Wildman–Crippen MR) is 113 cm³/mol. The van der Waals surface area contributed by atoms with Gasteiger partial charge in [-0.1, -0.05) is 54.1 Å². The van der Waals surface area contributed by atoms with Crippen molar-refractivity contribution in [3.8, 4) is 0 Å². The van der Waals surface area contributed by atoms with E-state index in [0.29, 0.717) is 0 Å². The van der Waals surface area contributed by atoms with Gasteiger partial charge in [-0.05, 0) is 50.2 Å². The fraction of sp³-hybridized carbons (Fsp3) is 0.143. The van der Waals surface area contributed by atoms with Gasteiger partial charge in [-0.2, -0.15) is 0 Å². The predicted octanol–water partition coefficient (Wildman–Crippen LogP) is 3.06. The molecule has 0 unspecified atom stereocenters. The molecule has 7 heteroatoms. The summed E-state index contributed by atoms with van der Waals surface area (Å²) >= 11 is 4.90. The van der Waals surface area contributed by atoms with E-state index in [1.165, 1.54) is 23.5 Å². The molecule has 0 aliphatic rings. The first-order chi connectivity index (χ1) is 13.0. The number of hydrogen-bond acceptors (Lipinski definition) is 3. The van der Waals surface area contributed by atoms with Crippen LogP contribution in [0.5, 0.6) is 0 Å². The van der Waals surface area contributed by atoms with Crippen LogP contribution in [0.4, 0.5) is 11.4 Å². The zero-order chi connectivity index (χ0) is 19.7. The Morgan fingerprint density at radius 3 is 1.61 bits per heavy atom. The topological polar surface area (TPSA) is 51.5 Å². The van der Waals surface area contributed by atoms with Gasteiger partial charge in [0.2, 0.25) is 0 Å². The van der Waals surface area contributed by atoms with Crippen molar-refractivity contribution in [2.45, 2.75) is 18.7 Å². The molecule has 0 heterocycles. The van der Waals surface area contributed by atoms with Crippen molar-refractivity contribution in [1.82, 2.24) is 0 Å². The molecule has 0 fully saturated rings. The van der Waals surface area contributed by atoms with Gasteiger partial charge in [0.15, 0.2) is 0 Å². The van der Waals surface area contributed by atoms with Crippen LogP contribution in [-0.4, -0.2) is 15.0 Å². The quantitative estimate of drug-likeness (QED) is 0.591. The Bertz CT molecular complexity index is 882. The maximum absolute atomic E-state index is 11.0. The Labute approximate surface area is 195 Å². The van der Waals surface area contributed by atoms with Crippen molar-refractivity contribution in [2.75, 3.05) is 11.4 Å². The number of nitrogens with zero attached hydrogens (tertiary/aromatic N) is 2. The molecule has 0 amide bonds. The normalized spacial score (nSPS) is 10.2. The minimum Gasteiger partial charge on any atom is -0.458 e. The van der Waals surface area contributed by atoms with Crippen LogP contribution in [0.2, 0.25) is 0 Å². The smallest absolute Gasteiger partial charge is 0.458 e. The third-order valence-electron chi connectivity index (χ3n) is 3.86. The molecule has 28 heavy (non-hydrogen) atoms. The SMILES string of the molecule is CCN(c1ccccc1)c1ccccc1.Cc1ccc(S(=O)(=O)[N-]Cl)cc1.[Na+]. The van der Waals surface area contributed by atoms with Gasteiger partial charge in [-0.25, -0.2) is 8.42 Å². The van der Waals surface area contributed by atoms with Gasteiger partial charge >= 0.3 is 29.6 Å². The molecule has 4 nitrogen and oxygen atoms in total. The fourth-order valence-corrected chi connectivity index (χ4v) is 3.28. The molecular weight excluding hydrogens is 403 g/mol. The Morgan fingerprint density at radius 2 is 1.25 bits per heavy atom. The number of para-hydroxylation sites is 2. The van der Waals surface area contributed by atoms with E-state index in [1.54, 1.807) is 12.1 Å². The summed E-state index contributed by atoms with van der Waals surface area (Å²) in [4.78, 5) is 2.41. The van der Waals surface area contributed by atoms with E-state index in [9.17, 15) is 8.42 Å². The summed E-state index contributed by atoms with van der Waals surface area (Å²) in [5.41, 5.74) is 3.47. The molecule has 0 saturated carbocycles. The van der Waals surface area contributed by atoms with E-state index in [-0.39, 0.29) is 34.5 Å². The third kappa shape index (κ3) is 7.24. The van der Waals surface area contributed by atoms with E-state index >= 15 is 0 Å². The Kier molecular flexibility index (Phi) is 10.8. The summed E-state index contributed by atoms with van der Waals surface area (Å²) in [5.74, 6) is 0. The summed E-state index contributed by atoms with van der Waals surface area (Å²) < 4.78 is 24.8. The molecule has 0 aliphatic heterocycles. The van der Waals surface area contributed by atoms with Crippen molar-refractivity contribution in [3.63, 3.8) is 0 Å². The molecule has 3 rings (SSSR count). The first kappa shape index (κ1) is 24.7. The molecular formula is C21H22ClN2NaO2S. The fourth-order valence-electron chi connectivity index (χ4n) is 2.48. The second-order valence-electron chi connectivity index (χ2n) is 5.77. The van der Waals surface area contributed by atoms with Crippen molar-refractivity contribution in [2.24, 2.45) is 0 Å². The zero-order valence-electron chi connectivity index (χ0n) is 16.3. The maximum Gasteiger partial charge on any atom is 1.00 e. The van der Waals surface area contributed by atoms with Crippen molar-refractivity contribution in [3.05, 3.63) is 94.7 Å². The van der Waals surface area contributed by atoms with Gasteiger partial charge < -0.3 is 9.14 Å². The molecule has 0 bridgehead atoms. The van der Waals surface area contributed by atoms with Crippen LogP contribution < -0.4 is 34.5 Å². The third-order valence-corrected chi connectivity index (χ3v) is 5.46. The molecule has 0 aromatic heterocycles. The van der Waals surface area contributed by atoms with Gasteiger partial charge in [0.05, 0.1) is 0 Å². The van der Waals surface area contributed by atoms with Crippen molar-refractivity contribution < 1.29 is 38.0 Å². The number of aryl methyl sites for hydroxylation is 1. The summed E-state index contributed by atoms with van der Waals surface area (Å²) in [6.45, 7) is 5.02. The van der Waals surface area contributed by atoms with Gasteiger partial charge in [-0.15, -0.1) is 0 Å². The van der Waals surface area contributed by atoms with Crippen molar-refractivity contribution >= 4 is 33.2 Å². The maximum atomic E-state index is 11.0. The number of hydrogen-bond donors (Lipinski definition) is 0. The molecule has 0 atom stereocenters. The monoisotopic (exact) mass is 424 g/mol. The first-order valence-corrected chi connectivity index (χ1v) is 10.3. The zero-order valence-corrected chi connectivity index (χ0v) is 19.9. The molecule has 3 aromatic rings. The van der Waals surface area contributed by atoms with Gasteiger partial charge in [0.25, 0.3) is 0 Å². The molecule has 0 aliphatic carbocycles. The van der Waals surface area contributed by atoms with Gasteiger partial charge in [0.1, 0.15) is 10.0 Å². The number of benzene rings is 3. The second-order valence-corrected chi connectivity index (χ2v) is 7.75. The summed E-state index contributed by atoms with van der Waals surface area (Å²) in [6, 6.07) is 27.2. The molecule has 0 radical (unpaired) electrons. The second kappa shape index (κ2) is 12.3. The van der Waals surface area contributed by atoms with Crippen LogP contribution in [0.25, 0.3) is 4.24 Å². The van der Waals surface area contributed by atoms with E-state index < -0.39 is 10.0 Å². The van der Waals surface area contributed by atoms with Crippen LogP contribution in [0.15, 0.2) is 89.8 Å². The summed E-state index contributed by atoms with van der Waals surface area (Å²) in [7, 11) is -3.62. The first-order valence-electron chi connectivity index (χ1n) is 8.50. The average molecular weight is 425 g/mol. The number of anilines is 2. The van der Waals surface area contributed by atoms with Gasteiger partial charge in [0, 0.05) is 22.8 Å². The minimum absolute atomic E-state index is 0. The largest absolute Gasteiger partial charge is 1.00 e. The van der Waals surface area contributed by atoms with Gasteiger partial charge in [-0.3, -0.25) is 11.8 Å². The van der Waals surface area contributed by atoms with E-state index in [4.69, 9.17) is 11.8 Å². The van der Waals surface area contributed by atoms with Crippen LogP contribution in [0.3, 0.4) is 0 Å². The molecule has 3 aromatic carbocycles. The Balaban J connectivity index is 0.000000277. The number of rotatable bonds is 5. The standard InChI is InChI=1S/C14H15N.C7H7ClNO2S.Na/c1-2-15(13-9-5-3-6-10-13)14-11-7-4-8-12-14;1-6-2-4-7(5-3-6)12(10,11)9-8;/h3-12H,2H2,1H3;2-5H,1H3;/q;-1;+1.